The number of para-hydroxylation sites is 2. The molecule has 0 aromatic heterocycles. The van der Waals surface area contributed by atoms with Crippen LogP contribution in [0.2, 0.25) is 0 Å². The van der Waals surface area contributed by atoms with E-state index in [2.05, 4.69) is 0 Å². The first kappa shape index (κ1) is 22.9. The monoisotopic (exact) mass is 414 g/mol. The highest BCUT2D eigenvalue weighted by Gasteiger charge is 2.25. The zero-order valence-corrected chi connectivity index (χ0v) is 18.0. The number of esters is 2. The molecule has 2 rings (SSSR count). The van der Waals surface area contributed by atoms with Crippen LogP contribution in [0.25, 0.3) is 0 Å². The van der Waals surface area contributed by atoms with Crippen LogP contribution in [-0.2, 0) is 9.47 Å². The van der Waals surface area contributed by atoms with Crippen molar-refractivity contribution in [1.82, 2.24) is 0 Å². The molecule has 0 unspecified atom stereocenters. The maximum Gasteiger partial charge on any atom is 0.519 e. The number of carbonyl (C=O) groups excluding carboxylic acids is 3. The number of benzene rings is 2. The minimum Gasteiger partial charge on any atom is -0.456 e. The van der Waals surface area contributed by atoms with E-state index < -0.39 is 29.3 Å². The number of ether oxygens (including phenoxy) is 4. The molecule has 0 fully saturated rings. The first-order valence-electron chi connectivity index (χ1n) is 9.40. The fourth-order valence-corrected chi connectivity index (χ4v) is 2.32. The lowest BCUT2D eigenvalue weighted by molar-refractivity contribution is 0.00556. The Morgan fingerprint density at radius 2 is 0.933 bits per heavy atom. The SMILES string of the molecule is CC(C)(C)OC(=O)c1ccccc1OC(=O)Oc1ccccc1C(=O)OC(C)(C)C. The van der Waals surface area contributed by atoms with E-state index in [1.807, 2.05) is 0 Å². The van der Waals surface area contributed by atoms with Gasteiger partial charge in [0.05, 0.1) is 0 Å². The fourth-order valence-electron chi connectivity index (χ4n) is 2.32. The van der Waals surface area contributed by atoms with Crippen molar-refractivity contribution in [2.45, 2.75) is 52.7 Å². The van der Waals surface area contributed by atoms with Crippen LogP contribution >= 0.6 is 0 Å². The van der Waals surface area contributed by atoms with E-state index in [1.165, 1.54) is 24.3 Å². The highest BCUT2D eigenvalue weighted by molar-refractivity contribution is 5.94. The molecule has 0 saturated heterocycles. The molecule has 0 aliphatic heterocycles. The molecule has 0 radical (unpaired) electrons. The summed E-state index contributed by atoms with van der Waals surface area (Å²) in [6.07, 6.45) is -1.11. The summed E-state index contributed by atoms with van der Waals surface area (Å²) in [6.45, 7) is 10.4. The zero-order chi connectivity index (χ0) is 22.5. The Morgan fingerprint density at radius 1 is 0.600 bits per heavy atom. The summed E-state index contributed by atoms with van der Waals surface area (Å²) in [5.74, 6) is -1.32. The lowest BCUT2D eigenvalue weighted by Gasteiger charge is -2.20. The molecule has 0 aliphatic carbocycles. The van der Waals surface area contributed by atoms with E-state index in [-0.39, 0.29) is 22.6 Å². The van der Waals surface area contributed by atoms with Crippen molar-refractivity contribution in [2.75, 3.05) is 0 Å². The van der Waals surface area contributed by atoms with Gasteiger partial charge in [0.25, 0.3) is 0 Å². The third kappa shape index (κ3) is 6.92. The van der Waals surface area contributed by atoms with Crippen LogP contribution in [0.4, 0.5) is 4.79 Å². The molecule has 0 amide bonds. The first-order valence-corrected chi connectivity index (χ1v) is 9.40. The quantitative estimate of drug-likeness (QED) is 0.503. The van der Waals surface area contributed by atoms with Crippen molar-refractivity contribution < 1.29 is 33.3 Å². The van der Waals surface area contributed by atoms with Crippen LogP contribution in [-0.4, -0.2) is 29.3 Å². The van der Waals surface area contributed by atoms with E-state index >= 15 is 0 Å². The molecule has 0 aliphatic rings. The van der Waals surface area contributed by atoms with Gasteiger partial charge in [-0.05, 0) is 65.8 Å². The number of hydrogen-bond acceptors (Lipinski definition) is 7. The van der Waals surface area contributed by atoms with Crippen LogP contribution in [0.3, 0.4) is 0 Å². The van der Waals surface area contributed by atoms with Crippen molar-refractivity contribution in [1.29, 1.82) is 0 Å². The molecule has 0 N–H and O–H groups in total. The van der Waals surface area contributed by atoms with Gasteiger partial charge in [-0.2, -0.15) is 0 Å². The summed E-state index contributed by atoms with van der Waals surface area (Å²) in [6, 6.07) is 12.3. The predicted octanol–water partition coefficient (Wildman–Crippen LogP) is 5.18. The van der Waals surface area contributed by atoms with Crippen molar-refractivity contribution in [2.24, 2.45) is 0 Å². The van der Waals surface area contributed by atoms with Gasteiger partial charge in [0, 0.05) is 0 Å². The van der Waals surface area contributed by atoms with Crippen molar-refractivity contribution >= 4 is 18.1 Å². The Morgan fingerprint density at radius 3 is 1.27 bits per heavy atom. The topological polar surface area (TPSA) is 88.1 Å². The van der Waals surface area contributed by atoms with Crippen LogP contribution < -0.4 is 9.47 Å². The van der Waals surface area contributed by atoms with Crippen LogP contribution in [0.15, 0.2) is 48.5 Å². The second-order valence-corrected chi connectivity index (χ2v) is 8.45. The predicted molar refractivity (Wildman–Crippen MR) is 110 cm³/mol. The van der Waals surface area contributed by atoms with Crippen molar-refractivity contribution in [3.05, 3.63) is 59.7 Å². The van der Waals surface area contributed by atoms with Gasteiger partial charge in [-0.1, -0.05) is 24.3 Å². The largest absolute Gasteiger partial charge is 0.519 e. The number of carbonyl (C=O) groups is 3. The lowest BCUT2D eigenvalue weighted by atomic mass is 10.1. The van der Waals surface area contributed by atoms with Gasteiger partial charge in [-0.3, -0.25) is 0 Å². The molecule has 0 heterocycles. The summed E-state index contributed by atoms with van der Waals surface area (Å²) >= 11 is 0. The zero-order valence-electron chi connectivity index (χ0n) is 18.0. The maximum atomic E-state index is 12.4. The Bertz CT molecular complexity index is 858. The molecule has 7 heteroatoms. The molecule has 7 nitrogen and oxygen atoms in total. The molecule has 2 aromatic carbocycles. The molecular weight excluding hydrogens is 388 g/mol. The van der Waals surface area contributed by atoms with Gasteiger partial charge < -0.3 is 18.9 Å². The normalized spacial score (nSPS) is 11.4. The van der Waals surface area contributed by atoms with Gasteiger partial charge in [0.15, 0.2) is 0 Å². The molecule has 0 atom stereocenters. The highest BCUT2D eigenvalue weighted by atomic mass is 16.7. The fraction of sp³-hybridized carbons (Fsp3) is 0.348. The molecule has 2 aromatic rings. The Hall–Kier alpha value is -3.35. The standard InChI is InChI=1S/C23H26O7/c1-22(2,3)29-19(24)15-11-7-9-13-17(15)27-21(26)28-18-14-10-8-12-16(18)20(25)30-23(4,5)6/h7-14H,1-6H3. The first-order chi connectivity index (χ1) is 13.9. The second-order valence-electron chi connectivity index (χ2n) is 8.45. The van der Waals surface area contributed by atoms with Crippen molar-refractivity contribution in [3.8, 4) is 11.5 Å². The molecular formula is C23H26O7. The summed E-state index contributed by atoms with van der Waals surface area (Å²) in [5.41, 5.74) is -1.27. The molecule has 0 saturated carbocycles. The van der Waals surface area contributed by atoms with Crippen LogP contribution in [0.1, 0.15) is 62.3 Å². The maximum absolute atomic E-state index is 12.4. The molecule has 30 heavy (non-hydrogen) atoms. The van der Waals surface area contributed by atoms with E-state index in [4.69, 9.17) is 18.9 Å². The molecule has 0 spiro atoms. The second kappa shape index (κ2) is 8.98. The minimum absolute atomic E-state index is 0.0218. The summed E-state index contributed by atoms with van der Waals surface area (Å²) in [4.78, 5) is 37.1. The number of hydrogen-bond donors (Lipinski definition) is 0. The van der Waals surface area contributed by atoms with Gasteiger partial charge in [0.2, 0.25) is 0 Å². The summed E-state index contributed by atoms with van der Waals surface area (Å²) < 4.78 is 21.1. The van der Waals surface area contributed by atoms with Gasteiger partial charge in [-0.25, -0.2) is 14.4 Å². The van der Waals surface area contributed by atoms with Crippen molar-refractivity contribution in [3.63, 3.8) is 0 Å². The Balaban J connectivity index is 2.18. The summed E-state index contributed by atoms with van der Waals surface area (Å²) in [5, 5.41) is 0. The van der Waals surface area contributed by atoms with Crippen LogP contribution in [0, 0.1) is 0 Å². The summed E-state index contributed by atoms with van der Waals surface area (Å²) in [7, 11) is 0. The average molecular weight is 414 g/mol. The van der Waals surface area contributed by atoms with Gasteiger partial charge in [0.1, 0.15) is 33.8 Å². The van der Waals surface area contributed by atoms with Gasteiger partial charge in [-0.15, -0.1) is 0 Å². The third-order valence-corrected chi connectivity index (χ3v) is 3.40. The van der Waals surface area contributed by atoms with E-state index in [0.29, 0.717) is 0 Å². The Kier molecular flexibility index (Phi) is 6.87. The average Bonchev–Trinajstić information content (AvgIpc) is 2.59. The van der Waals surface area contributed by atoms with E-state index in [1.54, 1.807) is 65.8 Å². The van der Waals surface area contributed by atoms with Gasteiger partial charge >= 0.3 is 18.1 Å². The van der Waals surface area contributed by atoms with E-state index in [0.717, 1.165) is 0 Å². The number of rotatable bonds is 4. The minimum atomic E-state index is -1.11. The smallest absolute Gasteiger partial charge is 0.456 e. The van der Waals surface area contributed by atoms with E-state index in [9.17, 15) is 14.4 Å². The lowest BCUT2D eigenvalue weighted by Crippen LogP contribution is -2.25. The highest BCUT2D eigenvalue weighted by Crippen LogP contribution is 2.25. The molecule has 160 valence electrons. The molecule has 0 bridgehead atoms. The third-order valence-electron chi connectivity index (χ3n) is 3.40. The Labute approximate surface area is 175 Å². The van der Waals surface area contributed by atoms with Crippen LogP contribution in [0.5, 0.6) is 11.5 Å².